The van der Waals surface area contributed by atoms with Gasteiger partial charge < -0.3 is 15.7 Å². The first-order chi connectivity index (χ1) is 15.8. The van der Waals surface area contributed by atoms with Gasteiger partial charge in [0.05, 0.1) is 23.8 Å². The Morgan fingerprint density at radius 3 is 2.70 bits per heavy atom. The summed E-state index contributed by atoms with van der Waals surface area (Å²) in [5.41, 5.74) is 10.1. The second kappa shape index (κ2) is 9.95. The smallest absolute Gasteiger partial charge is 0.258 e. The van der Waals surface area contributed by atoms with E-state index in [0.717, 1.165) is 27.1 Å². The average Bonchev–Trinajstić information content (AvgIpc) is 3.38. The van der Waals surface area contributed by atoms with Gasteiger partial charge in [-0.3, -0.25) is 9.59 Å². The number of pyridine rings is 1. The molecule has 0 saturated carbocycles. The van der Waals surface area contributed by atoms with Crippen LogP contribution in [0.3, 0.4) is 0 Å². The zero-order valence-corrected chi connectivity index (χ0v) is 20.1. The summed E-state index contributed by atoms with van der Waals surface area (Å²) in [5, 5.41) is 14.8. The van der Waals surface area contributed by atoms with Crippen molar-refractivity contribution in [1.82, 2.24) is 14.5 Å². The largest absolute Gasteiger partial charge is 0.507 e. The molecule has 172 valence electrons. The van der Waals surface area contributed by atoms with E-state index in [-0.39, 0.29) is 35.9 Å². The van der Waals surface area contributed by atoms with E-state index in [1.165, 1.54) is 11.0 Å². The molecule has 3 N–H and O–H groups in total. The highest BCUT2D eigenvalue weighted by Gasteiger charge is 2.33. The van der Waals surface area contributed by atoms with Gasteiger partial charge in [-0.1, -0.05) is 32.6 Å². The summed E-state index contributed by atoms with van der Waals surface area (Å²) >= 11 is 1.65. The van der Waals surface area contributed by atoms with E-state index in [0.29, 0.717) is 5.56 Å². The molecule has 0 atom stereocenters. The molecule has 0 bridgehead atoms. The minimum absolute atomic E-state index is 0.0198. The lowest BCUT2D eigenvalue weighted by Crippen LogP contribution is -2.30. The lowest BCUT2D eigenvalue weighted by Gasteiger charge is -2.15. The van der Waals surface area contributed by atoms with Crippen LogP contribution in [0.1, 0.15) is 42.3 Å². The molecule has 4 rings (SSSR count). The molecule has 0 saturated heterocycles. The monoisotopic (exact) mass is 464 g/mol. The van der Waals surface area contributed by atoms with Crippen molar-refractivity contribution in [3.8, 4) is 16.9 Å². The third-order valence-electron chi connectivity index (χ3n) is 5.45. The van der Waals surface area contributed by atoms with Gasteiger partial charge in [0.15, 0.2) is 0 Å². The molecule has 7 nitrogen and oxygen atoms in total. The molecule has 2 amide bonds. The Balaban J connectivity index is 0.00000149. The van der Waals surface area contributed by atoms with Gasteiger partial charge in [0, 0.05) is 28.8 Å². The van der Waals surface area contributed by atoms with E-state index >= 15 is 0 Å². The lowest BCUT2D eigenvalue weighted by molar-refractivity contribution is -0.114. The third kappa shape index (κ3) is 4.39. The maximum absolute atomic E-state index is 12.9. The van der Waals surface area contributed by atoms with E-state index in [9.17, 15) is 14.7 Å². The number of aromatic nitrogens is 2. The van der Waals surface area contributed by atoms with Crippen LogP contribution in [0.2, 0.25) is 0 Å². The summed E-state index contributed by atoms with van der Waals surface area (Å²) < 4.78 is 1.81. The minimum atomic E-state index is -0.652. The van der Waals surface area contributed by atoms with Gasteiger partial charge in [-0.2, -0.15) is 5.10 Å². The molecule has 0 radical (unpaired) electrons. The number of nitrogens with zero attached hydrogens (tertiary/aromatic N) is 3. The summed E-state index contributed by atoms with van der Waals surface area (Å²) in [4.78, 5) is 26.9. The number of carbonyl (C=O) groups excluding carboxylic acids is 2. The van der Waals surface area contributed by atoms with E-state index < -0.39 is 5.91 Å². The van der Waals surface area contributed by atoms with Crippen LogP contribution in [0.15, 0.2) is 54.9 Å². The quantitative estimate of drug-likeness (QED) is 0.525. The van der Waals surface area contributed by atoms with Crippen LogP contribution in [-0.2, 0) is 11.3 Å². The second-order valence-electron chi connectivity index (χ2n) is 7.28. The van der Waals surface area contributed by atoms with Crippen LogP contribution in [0.5, 0.6) is 5.75 Å². The van der Waals surface area contributed by atoms with Crippen molar-refractivity contribution in [1.29, 1.82) is 0 Å². The molecule has 1 aliphatic rings. The molecule has 3 heterocycles. The Morgan fingerprint density at radius 1 is 1.33 bits per heavy atom. The fourth-order valence-corrected chi connectivity index (χ4v) is 4.50. The number of carbonyl (C=O) groups is 2. The lowest BCUT2D eigenvalue weighted by atomic mass is 9.96. The van der Waals surface area contributed by atoms with Crippen molar-refractivity contribution < 1.29 is 14.7 Å². The second-order valence-corrected chi connectivity index (χ2v) is 8.12. The molecule has 1 aliphatic heterocycles. The number of benzene rings is 1. The summed E-state index contributed by atoms with van der Waals surface area (Å²) in [7, 11) is 0. The molecule has 0 aliphatic carbocycles. The van der Waals surface area contributed by atoms with Crippen LogP contribution in [-0.4, -0.2) is 44.2 Å². The molecule has 0 unspecified atom stereocenters. The Kier molecular flexibility index (Phi) is 7.28. The van der Waals surface area contributed by atoms with E-state index in [1.807, 2.05) is 56.1 Å². The van der Waals surface area contributed by atoms with Gasteiger partial charge in [0.25, 0.3) is 5.91 Å². The molecular formula is C25H28N4O3S. The van der Waals surface area contributed by atoms with E-state index in [4.69, 9.17) is 5.73 Å². The SMILES string of the molecule is C=C(CN1Cc2c(-c3ccn4ncc(/C(=C/C)SC)c4c3)ccc(O)c2C1=O)C(N)=O.CC. The summed E-state index contributed by atoms with van der Waals surface area (Å²) in [6.07, 6.45) is 7.79. The number of primary amides is 1. The minimum Gasteiger partial charge on any atom is -0.507 e. The number of aromatic hydroxyl groups is 1. The van der Waals surface area contributed by atoms with Crippen molar-refractivity contribution in [2.24, 2.45) is 5.73 Å². The molecule has 2 aromatic heterocycles. The number of rotatable bonds is 6. The molecule has 8 heteroatoms. The fraction of sp³-hybridized carbons (Fsp3) is 0.240. The van der Waals surface area contributed by atoms with Gasteiger partial charge in [-0.15, -0.1) is 11.8 Å². The van der Waals surface area contributed by atoms with Crippen molar-refractivity contribution in [2.45, 2.75) is 27.3 Å². The Labute approximate surface area is 197 Å². The number of allylic oxidation sites excluding steroid dienone is 1. The highest BCUT2D eigenvalue weighted by molar-refractivity contribution is 8.07. The summed E-state index contributed by atoms with van der Waals surface area (Å²) in [6, 6.07) is 7.30. The number of phenolic OH excluding ortho intramolecular Hbond substituents is 1. The molecule has 1 aromatic carbocycles. The first-order valence-corrected chi connectivity index (χ1v) is 11.9. The normalized spacial score (nSPS) is 13.0. The molecular weight excluding hydrogens is 436 g/mol. The Morgan fingerprint density at radius 2 is 2.06 bits per heavy atom. The molecule has 0 spiro atoms. The zero-order valence-electron chi connectivity index (χ0n) is 19.3. The van der Waals surface area contributed by atoms with Crippen molar-refractivity contribution in [3.05, 3.63) is 71.6 Å². The Bertz CT molecular complexity index is 1280. The van der Waals surface area contributed by atoms with E-state index in [2.05, 4.69) is 17.8 Å². The maximum Gasteiger partial charge on any atom is 0.258 e. The predicted octanol–water partition coefficient (Wildman–Crippen LogP) is 4.45. The summed E-state index contributed by atoms with van der Waals surface area (Å²) in [5.74, 6) is -1.08. The molecule has 3 aromatic rings. The van der Waals surface area contributed by atoms with Crippen molar-refractivity contribution in [3.63, 3.8) is 0 Å². The summed E-state index contributed by atoms with van der Waals surface area (Å²) in [6.45, 7) is 9.91. The maximum atomic E-state index is 12.9. The van der Waals surface area contributed by atoms with Crippen LogP contribution < -0.4 is 5.73 Å². The molecule has 33 heavy (non-hydrogen) atoms. The van der Waals surface area contributed by atoms with E-state index in [1.54, 1.807) is 17.8 Å². The highest BCUT2D eigenvalue weighted by Crippen LogP contribution is 2.39. The van der Waals surface area contributed by atoms with Crippen LogP contribution >= 0.6 is 11.8 Å². The average molecular weight is 465 g/mol. The van der Waals surface area contributed by atoms with Gasteiger partial charge in [-0.25, -0.2) is 4.52 Å². The number of amides is 2. The van der Waals surface area contributed by atoms with Gasteiger partial charge in [0.2, 0.25) is 5.91 Å². The van der Waals surface area contributed by atoms with Gasteiger partial charge in [-0.05, 0) is 48.1 Å². The number of nitrogens with two attached hydrogens (primary N) is 1. The predicted molar refractivity (Wildman–Crippen MR) is 134 cm³/mol. The van der Waals surface area contributed by atoms with Gasteiger partial charge >= 0.3 is 0 Å². The fourth-order valence-electron chi connectivity index (χ4n) is 3.89. The topological polar surface area (TPSA) is 101 Å². The molecule has 0 fully saturated rings. The standard InChI is InChI=1S/C23H22N4O3S.C2H6/c1-4-20(31-3)16-10-25-27-8-7-14(9-18(16)27)15-5-6-19(28)21-17(15)12-26(23(21)30)11-13(2)22(24)29;1-2/h4-10,28H,2,11-12H2,1,3H3,(H2,24,29);1-2H3/b20-4-;. The third-order valence-corrected chi connectivity index (χ3v) is 6.35. The first-order valence-electron chi connectivity index (χ1n) is 10.7. The first kappa shape index (κ1) is 24.1. The highest BCUT2D eigenvalue weighted by atomic mass is 32.2. The van der Waals surface area contributed by atoms with Crippen LogP contribution in [0, 0.1) is 0 Å². The number of thioether (sulfide) groups is 1. The Hall–Kier alpha value is -3.52. The number of hydrogen-bond acceptors (Lipinski definition) is 5. The number of phenols is 1. The van der Waals surface area contributed by atoms with Gasteiger partial charge in [0.1, 0.15) is 5.75 Å². The van der Waals surface area contributed by atoms with Crippen molar-refractivity contribution in [2.75, 3.05) is 12.8 Å². The number of fused-ring (bicyclic) bond motifs is 2. The van der Waals surface area contributed by atoms with Crippen LogP contribution in [0.25, 0.3) is 21.5 Å². The zero-order chi connectivity index (χ0) is 24.3. The van der Waals surface area contributed by atoms with Crippen LogP contribution in [0.4, 0.5) is 0 Å². The van der Waals surface area contributed by atoms with Crippen molar-refractivity contribution >= 4 is 34.0 Å². The number of hydrogen-bond donors (Lipinski definition) is 2.